The zero-order chi connectivity index (χ0) is 29.5. The Balaban J connectivity index is 1.28. The number of thiophene rings is 1. The summed E-state index contributed by atoms with van der Waals surface area (Å²) in [6.07, 6.45) is 0. The summed E-state index contributed by atoms with van der Waals surface area (Å²) < 4.78 is 11.2. The van der Waals surface area contributed by atoms with E-state index in [4.69, 9.17) is 14.4 Å². The molecule has 0 aliphatic heterocycles. The van der Waals surface area contributed by atoms with Crippen LogP contribution in [0.1, 0.15) is 0 Å². The average Bonchev–Trinajstić information content (AvgIpc) is 3.76. The van der Waals surface area contributed by atoms with Gasteiger partial charge in [0.25, 0.3) is 0 Å². The van der Waals surface area contributed by atoms with Gasteiger partial charge in [-0.1, -0.05) is 109 Å². The van der Waals surface area contributed by atoms with Crippen LogP contribution in [0, 0.1) is 0 Å². The molecule has 0 fully saturated rings. The monoisotopic (exact) mass is 593 g/mol. The first-order valence-electron chi connectivity index (χ1n) is 15.0. The van der Waals surface area contributed by atoms with Crippen molar-refractivity contribution >= 4 is 75.4 Å². The number of furan rings is 1. The van der Waals surface area contributed by atoms with Crippen molar-refractivity contribution in [3.8, 4) is 28.3 Å². The molecular weight excluding hydrogens is 571 g/mol. The predicted octanol–water partition coefficient (Wildman–Crippen LogP) is 11.2. The minimum absolute atomic E-state index is 0.580. The Morgan fingerprint density at radius 3 is 2.04 bits per heavy atom. The van der Waals surface area contributed by atoms with Crippen molar-refractivity contribution in [2.24, 2.45) is 0 Å². The van der Waals surface area contributed by atoms with Crippen LogP contribution < -0.4 is 0 Å². The summed E-state index contributed by atoms with van der Waals surface area (Å²) in [6, 6.07) is 49.0. The zero-order valence-corrected chi connectivity index (χ0v) is 24.8. The molecule has 45 heavy (non-hydrogen) atoms. The molecule has 6 aromatic carbocycles. The molecule has 0 saturated heterocycles. The van der Waals surface area contributed by atoms with E-state index in [-0.39, 0.29) is 0 Å². The standard InChI is InChI=1S/C40H23N3OS/c1-2-10-24(11-3-1)25-18-20-26(21-19-25)38-37-29-14-5-8-16-34(29)44-39(37)42-40(41-38)43-32-15-7-4-12-27(32)30-23-36-31(22-33(30)43)28-13-6-9-17-35(28)45-36/h1-23H. The lowest BCUT2D eigenvalue weighted by Gasteiger charge is -2.10. The lowest BCUT2D eigenvalue weighted by atomic mass is 10.0. The van der Waals surface area contributed by atoms with E-state index in [1.54, 1.807) is 0 Å². The van der Waals surface area contributed by atoms with Crippen molar-refractivity contribution in [2.45, 2.75) is 0 Å². The maximum Gasteiger partial charge on any atom is 0.238 e. The number of rotatable bonds is 3. The highest BCUT2D eigenvalue weighted by molar-refractivity contribution is 7.25. The van der Waals surface area contributed by atoms with Gasteiger partial charge in [0.05, 0.1) is 22.1 Å². The molecule has 0 atom stereocenters. The number of fused-ring (bicyclic) bond motifs is 9. The van der Waals surface area contributed by atoms with Crippen LogP contribution in [0.3, 0.4) is 0 Å². The Hall–Kier alpha value is -5.78. The SMILES string of the molecule is c1ccc(-c2ccc(-c3nc(-n4c5ccccc5c5cc6sc7ccccc7c6cc54)nc4oc5ccccc5c34)cc2)cc1. The lowest BCUT2D eigenvalue weighted by molar-refractivity contribution is 0.651. The Bertz CT molecular complexity index is 2750. The van der Waals surface area contributed by atoms with E-state index >= 15 is 0 Å². The molecule has 0 spiro atoms. The maximum absolute atomic E-state index is 6.42. The second-order valence-electron chi connectivity index (χ2n) is 11.4. The average molecular weight is 594 g/mol. The van der Waals surface area contributed by atoms with Crippen molar-refractivity contribution in [3.63, 3.8) is 0 Å². The number of benzene rings is 6. The van der Waals surface area contributed by atoms with Gasteiger partial charge >= 0.3 is 0 Å². The van der Waals surface area contributed by atoms with Gasteiger partial charge in [-0.3, -0.25) is 4.57 Å². The molecule has 4 nitrogen and oxygen atoms in total. The van der Waals surface area contributed by atoms with E-state index in [2.05, 4.69) is 120 Å². The third-order valence-corrected chi connectivity index (χ3v) is 10.00. The number of para-hydroxylation sites is 2. The fourth-order valence-electron chi connectivity index (χ4n) is 6.77. The fraction of sp³-hybridized carbons (Fsp3) is 0. The molecule has 0 unspecified atom stereocenters. The smallest absolute Gasteiger partial charge is 0.238 e. The zero-order valence-electron chi connectivity index (χ0n) is 23.9. The van der Waals surface area contributed by atoms with Crippen LogP contribution in [0.2, 0.25) is 0 Å². The summed E-state index contributed by atoms with van der Waals surface area (Å²) in [4.78, 5) is 10.5. The van der Waals surface area contributed by atoms with Crippen molar-refractivity contribution < 1.29 is 4.42 Å². The van der Waals surface area contributed by atoms with Gasteiger partial charge in [0.15, 0.2) is 0 Å². The maximum atomic E-state index is 6.42. The van der Waals surface area contributed by atoms with E-state index < -0.39 is 0 Å². The van der Waals surface area contributed by atoms with E-state index in [1.165, 1.54) is 36.5 Å². The minimum Gasteiger partial charge on any atom is -0.437 e. The Morgan fingerprint density at radius 1 is 0.489 bits per heavy atom. The molecule has 5 heteroatoms. The summed E-state index contributed by atoms with van der Waals surface area (Å²) >= 11 is 1.84. The van der Waals surface area contributed by atoms with Gasteiger partial charge in [0.2, 0.25) is 11.7 Å². The van der Waals surface area contributed by atoms with Crippen molar-refractivity contribution in [1.82, 2.24) is 14.5 Å². The molecule has 0 radical (unpaired) electrons. The highest BCUT2D eigenvalue weighted by Crippen LogP contribution is 2.41. The third-order valence-electron chi connectivity index (χ3n) is 8.86. The summed E-state index contributed by atoms with van der Waals surface area (Å²) in [5.74, 6) is 0.591. The van der Waals surface area contributed by atoms with Gasteiger partial charge in [-0.25, -0.2) is 4.98 Å². The second-order valence-corrected chi connectivity index (χ2v) is 12.5. The van der Waals surface area contributed by atoms with Gasteiger partial charge in [0.1, 0.15) is 5.58 Å². The Labute approximate surface area is 261 Å². The highest BCUT2D eigenvalue weighted by atomic mass is 32.1. The Morgan fingerprint density at radius 2 is 1.18 bits per heavy atom. The molecule has 210 valence electrons. The van der Waals surface area contributed by atoms with Crippen LogP contribution in [0.5, 0.6) is 0 Å². The molecule has 0 bridgehead atoms. The molecule has 10 rings (SSSR count). The van der Waals surface area contributed by atoms with E-state index in [0.29, 0.717) is 11.7 Å². The van der Waals surface area contributed by atoms with Crippen molar-refractivity contribution in [2.75, 3.05) is 0 Å². The number of aromatic nitrogens is 3. The number of nitrogens with zero attached hydrogens (tertiary/aromatic N) is 3. The minimum atomic E-state index is 0.580. The van der Waals surface area contributed by atoms with Crippen LogP contribution in [-0.4, -0.2) is 14.5 Å². The third kappa shape index (κ3) is 3.65. The fourth-order valence-corrected chi connectivity index (χ4v) is 7.90. The van der Waals surface area contributed by atoms with Gasteiger partial charge in [-0.2, -0.15) is 4.98 Å². The first-order chi connectivity index (χ1) is 22.3. The van der Waals surface area contributed by atoms with Crippen molar-refractivity contribution in [3.05, 3.63) is 140 Å². The number of hydrogen-bond donors (Lipinski definition) is 0. The van der Waals surface area contributed by atoms with E-state index in [1.807, 2.05) is 35.6 Å². The summed E-state index contributed by atoms with van der Waals surface area (Å²) in [6.45, 7) is 0. The van der Waals surface area contributed by atoms with Crippen LogP contribution in [0.25, 0.3) is 92.4 Å². The Kier molecular flexibility index (Phi) is 5.12. The first-order valence-corrected chi connectivity index (χ1v) is 15.8. The molecule has 4 aromatic heterocycles. The second kappa shape index (κ2) is 9.36. The topological polar surface area (TPSA) is 43.9 Å². The van der Waals surface area contributed by atoms with Gasteiger partial charge in [0, 0.05) is 41.9 Å². The molecule has 4 heterocycles. The quantitative estimate of drug-likeness (QED) is 0.205. The normalized spacial score (nSPS) is 12.0. The van der Waals surface area contributed by atoms with Crippen LogP contribution in [0.4, 0.5) is 0 Å². The molecule has 0 aliphatic carbocycles. The van der Waals surface area contributed by atoms with Gasteiger partial charge in [-0.15, -0.1) is 11.3 Å². The predicted molar refractivity (Wildman–Crippen MR) is 187 cm³/mol. The molecule has 0 amide bonds. The number of hydrogen-bond acceptors (Lipinski definition) is 4. The molecule has 0 aliphatic rings. The van der Waals surface area contributed by atoms with Crippen LogP contribution >= 0.6 is 11.3 Å². The summed E-state index contributed by atoms with van der Waals surface area (Å²) in [7, 11) is 0. The van der Waals surface area contributed by atoms with E-state index in [9.17, 15) is 0 Å². The molecular formula is C40H23N3OS. The van der Waals surface area contributed by atoms with Gasteiger partial charge in [-0.05, 0) is 41.5 Å². The van der Waals surface area contributed by atoms with Gasteiger partial charge < -0.3 is 4.42 Å². The lowest BCUT2D eigenvalue weighted by Crippen LogP contribution is -2.02. The van der Waals surface area contributed by atoms with Crippen LogP contribution in [0.15, 0.2) is 144 Å². The van der Waals surface area contributed by atoms with Crippen molar-refractivity contribution in [1.29, 1.82) is 0 Å². The summed E-state index contributed by atoms with van der Waals surface area (Å²) in [5.41, 5.74) is 7.74. The van der Waals surface area contributed by atoms with Crippen LogP contribution in [-0.2, 0) is 0 Å². The molecule has 0 N–H and O–H groups in total. The molecule has 0 saturated carbocycles. The van der Waals surface area contributed by atoms with E-state index in [0.717, 1.165) is 44.2 Å². The molecule has 10 aromatic rings. The highest BCUT2D eigenvalue weighted by Gasteiger charge is 2.22. The largest absolute Gasteiger partial charge is 0.437 e. The summed E-state index contributed by atoms with van der Waals surface area (Å²) in [5, 5.41) is 6.81. The first kappa shape index (κ1) is 24.6.